The second kappa shape index (κ2) is 8.66. The van der Waals surface area contributed by atoms with Crippen LogP contribution < -0.4 is 5.32 Å². The van der Waals surface area contributed by atoms with E-state index in [1.807, 2.05) is 44.2 Å². The first-order chi connectivity index (χ1) is 13.0. The molecule has 1 atom stereocenters. The summed E-state index contributed by atoms with van der Waals surface area (Å²) in [4.78, 5) is 19.9. The second-order valence-corrected chi connectivity index (χ2v) is 6.95. The molecule has 0 saturated carbocycles. The van der Waals surface area contributed by atoms with Gasteiger partial charge in [0.25, 0.3) is 0 Å². The van der Waals surface area contributed by atoms with Crippen molar-refractivity contribution in [3.05, 3.63) is 71.5 Å². The van der Waals surface area contributed by atoms with Crippen molar-refractivity contribution in [3.8, 4) is 0 Å². The monoisotopic (exact) mass is 369 g/mol. The van der Waals surface area contributed by atoms with Gasteiger partial charge >= 0.3 is 6.03 Å². The molecule has 27 heavy (non-hydrogen) atoms. The Bertz CT molecular complexity index is 791. The number of halogens is 1. The summed E-state index contributed by atoms with van der Waals surface area (Å²) in [7, 11) is 0. The Hall–Kier alpha value is -2.89. The van der Waals surface area contributed by atoms with Gasteiger partial charge in [0.05, 0.1) is 12.3 Å². The molecule has 0 unspecified atom stereocenters. The molecule has 1 aliphatic heterocycles. The molecule has 0 aromatic heterocycles. The fraction of sp³-hybridized carbons (Fsp3) is 0.333. The van der Waals surface area contributed by atoms with Gasteiger partial charge in [0, 0.05) is 19.0 Å². The Morgan fingerprint density at radius 3 is 2.59 bits per heavy atom. The maximum Gasteiger partial charge on any atom is 0.318 e. The highest BCUT2D eigenvalue weighted by molar-refractivity contribution is 6.01. The maximum absolute atomic E-state index is 13.2. The third kappa shape index (κ3) is 5.29. The van der Waals surface area contributed by atoms with E-state index in [0.29, 0.717) is 19.5 Å². The third-order valence-corrected chi connectivity index (χ3v) is 4.25. The Morgan fingerprint density at radius 2 is 1.93 bits per heavy atom. The highest BCUT2D eigenvalue weighted by Crippen LogP contribution is 2.19. The smallest absolute Gasteiger partial charge is 0.318 e. The van der Waals surface area contributed by atoms with E-state index in [1.165, 1.54) is 12.1 Å². The first-order valence-electron chi connectivity index (χ1n) is 9.09. The van der Waals surface area contributed by atoms with Crippen LogP contribution in [-0.4, -0.2) is 35.3 Å². The van der Waals surface area contributed by atoms with Crippen LogP contribution in [0, 0.1) is 5.82 Å². The predicted molar refractivity (Wildman–Crippen MR) is 103 cm³/mol. The lowest BCUT2D eigenvalue weighted by Gasteiger charge is -2.26. The molecular formula is C21H24FN3O2. The molecule has 5 nitrogen and oxygen atoms in total. The SMILES string of the molecule is CC(C)NC(=O)N(Cc1ccc(F)cc1)C[C@H]1CC(c2ccccc2)=NO1. The highest BCUT2D eigenvalue weighted by atomic mass is 19.1. The molecule has 6 heteroatoms. The number of hydrogen-bond acceptors (Lipinski definition) is 3. The summed E-state index contributed by atoms with van der Waals surface area (Å²) in [5, 5.41) is 7.10. The van der Waals surface area contributed by atoms with Crippen LogP contribution in [0.4, 0.5) is 9.18 Å². The van der Waals surface area contributed by atoms with Gasteiger partial charge in [0.1, 0.15) is 5.82 Å². The lowest BCUT2D eigenvalue weighted by atomic mass is 10.0. The van der Waals surface area contributed by atoms with Crippen molar-refractivity contribution in [1.29, 1.82) is 0 Å². The molecule has 1 heterocycles. The van der Waals surface area contributed by atoms with Crippen LogP contribution in [0.25, 0.3) is 0 Å². The number of amides is 2. The van der Waals surface area contributed by atoms with Crippen LogP contribution in [0.5, 0.6) is 0 Å². The van der Waals surface area contributed by atoms with Gasteiger partial charge in [0.15, 0.2) is 6.10 Å². The summed E-state index contributed by atoms with van der Waals surface area (Å²) < 4.78 is 13.2. The molecule has 0 bridgehead atoms. The molecule has 2 amide bonds. The normalized spacial score (nSPS) is 16.0. The molecule has 3 rings (SSSR count). The molecule has 2 aromatic rings. The van der Waals surface area contributed by atoms with Crippen molar-refractivity contribution >= 4 is 11.7 Å². The first-order valence-corrected chi connectivity index (χ1v) is 9.09. The molecule has 142 valence electrons. The van der Waals surface area contributed by atoms with E-state index in [0.717, 1.165) is 16.8 Å². The van der Waals surface area contributed by atoms with E-state index in [1.54, 1.807) is 17.0 Å². The number of carbonyl (C=O) groups excluding carboxylic acids is 1. The van der Waals surface area contributed by atoms with Crippen LogP contribution in [0.1, 0.15) is 31.4 Å². The Morgan fingerprint density at radius 1 is 1.22 bits per heavy atom. The van der Waals surface area contributed by atoms with Gasteiger partial charge in [-0.15, -0.1) is 0 Å². The van der Waals surface area contributed by atoms with Gasteiger partial charge in [-0.25, -0.2) is 9.18 Å². The summed E-state index contributed by atoms with van der Waals surface area (Å²) in [5.41, 5.74) is 2.76. The van der Waals surface area contributed by atoms with Crippen molar-refractivity contribution in [2.45, 2.75) is 39.0 Å². The van der Waals surface area contributed by atoms with E-state index in [2.05, 4.69) is 10.5 Å². The fourth-order valence-corrected chi connectivity index (χ4v) is 2.94. The van der Waals surface area contributed by atoms with E-state index in [9.17, 15) is 9.18 Å². The fourth-order valence-electron chi connectivity index (χ4n) is 2.94. The number of benzene rings is 2. The average molecular weight is 369 g/mol. The van der Waals surface area contributed by atoms with Crippen LogP contribution in [0.2, 0.25) is 0 Å². The molecule has 0 radical (unpaired) electrons. The van der Waals surface area contributed by atoms with Gasteiger partial charge in [0.2, 0.25) is 0 Å². The number of oxime groups is 1. The largest absolute Gasteiger partial charge is 0.390 e. The average Bonchev–Trinajstić information content (AvgIpc) is 3.12. The van der Waals surface area contributed by atoms with Gasteiger partial charge < -0.3 is 15.1 Å². The molecule has 2 aromatic carbocycles. The Kier molecular flexibility index (Phi) is 6.06. The van der Waals surface area contributed by atoms with Crippen molar-refractivity contribution in [1.82, 2.24) is 10.2 Å². The zero-order valence-corrected chi connectivity index (χ0v) is 15.6. The Labute approximate surface area is 158 Å². The van der Waals surface area contributed by atoms with Crippen LogP contribution in [0.3, 0.4) is 0 Å². The van der Waals surface area contributed by atoms with Crippen LogP contribution in [0.15, 0.2) is 59.8 Å². The summed E-state index contributed by atoms with van der Waals surface area (Å²) in [6.45, 7) is 4.60. The molecule has 0 spiro atoms. The van der Waals surface area contributed by atoms with Crippen molar-refractivity contribution in [2.24, 2.45) is 5.16 Å². The second-order valence-electron chi connectivity index (χ2n) is 6.95. The van der Waals surface area contributed by atoms with Gasteiger partial charge in [-0.3, -0.25) is 0 Å². The summed E-state index contributed by atoms with van der Waals surface area (Å²) in [5.74, 6) is -0.294. The number of nitrogens with one attached hydrogen (secondary N) is 1. The molecule has 0 saturated heterocycles. The van der Waals surface area contributed by atoms with E-state index in [-0.39, 0.29) is 24.0 Å². The molecular weight excluding hydrogens is 345 g/mol. The van der Waals surface area contributed by atoms with E-state index < -0.39 is 0 Å². The topological polar surface area (TPSA) is 53.9 Å². The van der Waals surface area contributed by atoms with Crippen molar-refractivity contribution in [3.63, 3.8) is 0 Å². The van der Waals surface area contributed by atoms with Gasteiger partial charge in [-0.05, 0) is 37.1 Å². The standard InChI is InChI=1S/C21H24FN3O2/c1-15(2)23-21(26)25(13-16-8-10-18(22)11-9-16)14-19-12-20(24-27-19)17-6-4-3-5-7-17/h3-11,15,19H,12-14H2,1-2H3,(H,23,26)/t19-/m1/s1. The zero-order valence-electron chi connectivity index (χ0n) is 15.6. The predicted octanol–water partition coefficient (Wildman–Crippen LogP) is 3.94. The maximum atomic E-state index is 13.2. The number of urea groups is 1. The minimum atomic E-state index is -0.294. The van der Waals surface area contributed by atoms with Crippen LogP contribution >= 0.6 is 0 Å². The van der Waals surface area contributed by atoms with E-state index in [4.69, 9.17) is 4.84 Å². The van der Waals surface area contributed by atoms with Crippen molar-refractivity contribution in [2.75, 3.05) is 6.54 Å². The Balaban J connectivity index is 1.66. The summed E-state index contributed by atoms with van der Waals surface area (Å²) in [6.07, 6.45) is 0.428. The highest BCUT2D eigenvalue weighted by Gasteiger charge is 2.27. The first kappa shape index (κ1) is 18.9. The number of nitrogens with zero attached hydrogens (tertiary/aromatic N) is 2. The number of rotatable bonds is 6. The molecule has 0 fully saturated rings. The number of hydrogen-bond donors (Lipinski definition) is 1. The minimum absolute atomic E-state index is 0.0221. The van der Waals surface area contributed by atoms with Gasteiger partial charge in [-0.1, -0.05) is 47.6 Å². The molecule has 1 N–H and O–H groups in total. The third-order valence-electron chi connectivity index (χ3n) is 4.25. The number of carbonyl (C=O) groups is 1. The minimum Gasteiger partial charge on any atom is -0.390 e. The molecule has 1 aliphatic rings. The van der Waals surface area contributed by atoms with Crippen molar-refractivity contribution < 1.29 is 14.0 Å². The van der Waals surface area contributed by atoms with Crippen LogP contribution in [-0.2, 0) is 11.4 Å². The summed E-state index contributed by atoms with van der Waals surface area (Å²) in [6, 6.07) is 15.9. The molecule has 0 aliphatic carbocycles. The summed E-state index contributed by atoms with van der Waals surface area (Å²) >= 11 is 0. The lowest BCUT2D eigenvalue weighted by molar-refractivity contribution is 0.0586. The quantitative estimate of drug-likeness (QED) is 0.839. The zero-order chi connectivity index (χ0) is 19.2. The lowest BCUT2D eigenvalue weighted by Crippen LogP contribution is -2.45. The van der Waals surface area contributed by atoms with Gasteiger partial charge in [-0.2, -0.15) is 0 Å². The van der Waals surface area contributed by atoms with E-state index >= 15 is 0 Å².